The minimum absolute atomic E-state index is 0.0786. The average Bonchev–Trinajstić information content (AvgIpc) is 2.92. The Labute approximate surface area is 171 Å². The Kier molecular flexibility index (Phi) is 6.37. The third-order valence-electron chi connectivity index (χ3n) is 3.99. The van der Waals surface area contributed by atoms with Gasteiger partial charge in [0, 0.05) is 27.9 Å². The van der Waals surface area contributed by atoms with E-state index in [1.165, 1.54) is 4.90 Å². The highest BCUT2D eigenvalue weighted by Crippen LogP contribution is 2.32. The summed E-state index contributed by atoms with van der Waals surface area (Å²) in [6.45, 7) is 0.241. The lowest BCUT2D eigenvalue weighted by Gasteiger charge is -2.17. The van der Waals surface area contributed by atoms with Gasteiger partial charge < -0.3 is 9.74 Å². The van der Waals surface area contributed by atoms with E-state index in [2.05, 4.69) is 5.16 Å². The topological polar surface area (TPSA) is 59.0 Å². The number of carbonyl (C=O) groups excluding carboxylic acids is 2. The zero-order valence-electron chi connectivity index (χ0n) is 14.1. The van der Waals surface area contributed by atoms with Crippen LogP contribution in [0, 0.1) is 0 Å². The number of amides is 1. The standard InChI is InChI=1S/C19H15Cl3N2O3/c20-9-3-6-17(25)27-23-18-14-4-1-2-5-16(14)24(19(18)26)11-12-7-8-13(21)10-15(12)22/h1-2,4-5,7-8,10H,3,6,9,11H2/b23-18+. The van der Waals surface area contributed by atoms with Crippen molar-refractivity contribution in [3.63, 3.8) is 0 Å². The van der Waals surface area contributed by atoms with Crippen LogP contribution in [-0.4, -0.2) is 23.5 Å². The highest BCUT2D eigenvalue weighted by atomic mass is 35.5. The second-order valence-corrected chi connectivity index (χ2v) is 7.06. The van der Waals surface area contributed by atoms with E-state index in [1.807, 2.05) is 6.07 Å². The number of anilines is 1. The summed E-state index contributed by atoms with van der Waals surface area (Å²) in [5, 5.41) is 4.79. The quantitative estimate of drug-likeness (QED) is 0.379. The molecule has 140 valence electrons. The molecular weight excluding hydrogens is 411 g/mol. The minimum Gasteiger partial charge on any atom is -0.317 e. The number of benzene rings is 2. The lowest BCUT2D eigenvalue weighted by Crippen LogP contribution is -2.30. The summed E-state index contributed by atoms with van der Waals surface area (Å²) >= 11 is 17.7. The number of carbonyl (C=O) groups is 2. The van der Waals surface area contributed by atoms with Crippen molar-refractivity contribution in [2.24, 2.45) is 5.16 Å². The normalized spacial score (nSPS) is 14.6. The van der Waals surface area contributed by atoms with Gasteiger partial charge in [0.2, 0.25) is 0 Å². The second kappa shape index (κ2) is 8.74. The Bertz CT molecular complexity index is 915. The van der Waals surface area contributed by atoms with Gasteiger partial charge in [-0.05, 0) is 30.2 Å². The largest absolute Gasteiger partial charge is 0.335 e. The summed E-state index contributed by atoms with van der Waals surface area (Å²) in [5.74, 6) is -0.553. The fourth-order valence-corrected chi connectivity index (χ4v) is 3.28. The van der Waals surface area contributed by atoms with Gasteiger partial charge in [-0.15, -0.1) is 11.6 Å². The van der Waals surface area contributed by atoms with Crippen molar-refractivity contribution in [1.82, 2.24) is 0 Å². The van der Waals surface area contributed by atoms with Gasteiger partial charge in [0.25, 0.3) is 5.91 Å². The molecular formula is C19H15Cl3N2O3. The third-order valence-corrected chi connectivity index (χ3v) is 4.85. The summed E-state index contributed by atoms with van der Waals surface area (Å²) < 4.78 is 0. The van der Waals surface area contributed by atoms with Crippen molar-refractivity contribution < 1.29 is 14.4 Å². The third kappa shape index (κ3) is 4.43. The van der Waals surface area contributed by atoms with Crippen molar-refractivity contribution in [1.29, 1.82) is 0 Å². The SMILES string of the molecule is O=C(CCCCl)O/N=C1/C(=O)N(Cc2ccc(Cl)cc2Cl)c2ccccc21. The molecule has 3 rings (SSSR count). The number of nitrogens with zero attached hydrogens (tertiary/aromatic N) is 2. The molecule has 5 nitrogen and oxygen atoms in total. The molecule has 0 fully saturated rings. The summed E-state index contributed by atoms with van der Waals surface area (Å²) in [4.78, 5) is 31.0. The first-order valence-corrected chi connectivity index (χ1v) is 9.49. The van der Waals surface area contributed by atoms with Crippen LogP contribution in [0.3, 0.4) is 0 Å². The molecule has 2 aromatic rings. The van der Waals surface area contributed by atoms with Crippen LogP contribution in [0.1, 0.15) is 24.0 Å². The van der Waals surface area contributed by atoms with Crippen LogP contribution in [0.5, 0.6) is 0 Å². The van der Waals surface area contributed by atoms with Gasteiger partial charge in [0.15, 0.2) is 5.71 Å². The molecule has 0 N–H and O–H groups in total. The van der Waals surface area contributed by atoms with Crippen LogP contribution in [0.25, 0.3) is 0 Å². The number of para-hydroxylation sites is 1. The zero-order valence-corrected chi connectivity index (χ0v) is 16.4. The first kappa shape index (κ1) is 19.7. The summed E-state index contributed by atoms with van der Waals surface area (Å²) in [6.07, 6.45) is 0.622. The smallest absolute Gasteiger partial charge is 0.317 e. The molecule has 0 atom stereocenters. The van der Waals surface area contributed by atoms with E-state index in [0.29, 0.717) is 33.6 Å². The van der Waals surface area contributed by atoms with Gasteiger partial charge in [-0.25, -0.2) is 4.79 Å². The number of fused-ring (bicyclic) bond motifs is 1. The maximum atomic E-state index is 12.9. The molecule has 1 aliphatic rings. The van der Waals surface area contributed by atoms with Crippen LogP contribution in [0.15, 0.2) is 47.6 Å². The maximum Gasteiger partial charge on any atom is 0.335 e. The number of alkyl halides is 1. The fourth-order valence-electron chi connectivity index (χ4n) is 2.68. The second-order valence-electron chi connectivity index (χ2n) is 5.84. The highest BCUT2D eigenvalue weighted by Gasteiger charge is 2.35. The zero-order chi connectivity index (χ0) is 19.4. The Morgan fingerprint density at radius 3 is 2.67 bits per heavy atom. The predicted octanol–water partition coefficient (Wildman–Crippen LogP) is 4.81. The molecule has 1 aliphatic heterocycles. The van der Waals surface area contributed by atoms with Crippen molar-refractivity contribution in [3.8, 4) is 0 Å². The van der Waals surface area contributed by atoms with Gasteiger partial charge in [0.05, 0.1) is 12.2 Å². The van der Waals surface area contributed by atoms with Gasteiger partial charge in [-0.3, -0.25) is 4.79 Å². The molecule has 0 aromatic heterocycles. The first-order chi connectivity index (χ1) is 13.0. The van der Waals surface area contributed by atoms with E-state index in [9.17, 15) is 9.59 Å². The molecule has 8 heteroatoms. The van der Waals surface area contributed by atoms with E-state index < -0.39 is 5.97 Å². The van der Waals surface area contributed by atoms with Crippen LogP contribution >= 0.6 is 34.8 Å². The minimum atomic E-state index is -0.535. The fraction of sp³-hybridized carbons (Fsp3) is 0.211. The first-order valence-electron chi connectivity index (χ1n) is 8.20. The number of rotatable bonds is 6. The molecule has 0 unspecified atom stereocenters. The molecule has 0 saturated carbocycles. The lowest BCUT2D eigenvalue weighted by molar-refractivity contribution is -0.143. The van der Waals surface area contributed by atoms with Crippen molar-refractivity contribution in [2.45, 2.75) is 19.4 Å². The Hall–Kier alpha value is -2.08. The lowest BCUT2D eigenvalue weighted by atomic mass is 10.1. The van der Waals surface area contributed by atoms with Gasteiger partial charge in [-0.1, -0.05) is 52.6 Å². The number of hydrogen-bond acceptors (Lipinski definition) is 4. The number of halogens is 3. The summed E-state index contributed by atoms with van der Waals surface area (Å²) in [6, 6.07) is 12.3. The molecule has 1 amide bonds. The monoisotopic (exact) mass is 424 g/mol. The van der Waals surface area contributed by atoms with E-state index in [4.69, 9.17) is 39.6 Å². The molecule has 0 bridgehead atoms. The molecule has 2 aromatic carbocycles. The van der Waals surface area contributed by atoms with E-state index in [0.717, 1.165) is 5.56 Å². The van der Waals surface area contributed by atoms with Crippen LogP contribution < -0.4 is 4.90 Å². The molecule has 0 saturated heterocycles. The Balaban J connectivity index is 1.87. The highest BCUT2D eigenvalue weighted by molar-refractivity contribution is 6.54. The van der Waals surface area contributed by atoms with Crippen LogP contribution in [0.4, 0.5) is 5.69 Å². The van der Waals surface area contributed by atoms with Crippen molar-refractivity contribution >= 4 is 58.1 Å². The Morgan fingerprint density at radius 2 is 1.93 bits per heavy atom. The molecule has 1 heterocycles. The molecule has 0 aliphatic carbocycles. The van der Waals surface area contributed by atoms with Crippen molar-refractivity contribution in [3.05, 3.63) is 63.6 Å². The van der Waals surface area contributed by atoms with Gasteiger partial charge >= 0.3 is 5.97 Å². The number of hydrogen-bond donors (Lipinski definition) is 0. The number of oxime groups is 1. The Morgan fingerprint density at radius 1 is 1.15 bits per heavy atom. The van der Waals surface area contributed by atoms with Crippen molar-refractivity contribution in [2.75, 3.05) is 10.8 Å². The summed E-state index contributed by atoms with van der Waals surface area (Å²) in [5.41, 5.74) is 2.08. The maximum absolute atomic E-state index is 12.9. The van der Waals surface area contributed by atoms with E-state index in [1.54, 1.807) is 36.4 Å². The molecule has 0 radical (unpaired) electrons. The van der Waals surface area contributed by atoms with E-state index in [-0.39, 0.29) is 24.6 Å². The predicted molar refractivity (Wildman–Crippen MR) is 107 cm³/mol. The molecule has 0 spiro atoms. The van der Waals surface area contributed by atoms with E-state index >= 15 is 0 Å². The van der Waals surface area contributed by atoms with Crippen LogP contribution in [0.2, 0.25) is 10.0 Å². The molecule has 27 heavy (non-hydrogen) atoms. The van der Waals surface area contributed by atoms with Gasteiger partial charge in [0.1, 0.15) is 0 Å². The average molecular weight is 426 g/mol. The van der Waals surface area contributed by atoms with Crippen LogP contribution in [-0.2, 0) is 21.0 Å². The summed E-state index contributed by atoms with van der Waals surface area (Å²) in [7, 11) is 0. The van der Waals surface area contributed by atoms with Gasteiger partial charge in [-0.2, -0.15) is 0 Å².